The molecule has 0 atom stereocenters. The van der Waals surface area contributed by atoms with Crippen LogP contribution in [0.4, 0.5) is 0 Å². The summed E-state index contributed by atoms with van der Waals surface area (Å²) in [7, 11) is 1.42. The highest BCUT2D eigenvalue weighted by Crippen LogP contribution is 2.13. The summed E-state index contributed by atoms with van der Waals surface area (Å²) in [4.78, 5) is 11.1. The Kier molecular flexibility index (Phi) is 7.27. The van der Waals surface area contributed by atoms with Crippen LogP contribution in [0.25, 0.3) is 0 Å². The molecule has 1 aromatic carbocycles. The molecule has 0 aliphatic rings. The van der Waals surface area contributed by atoms with Gasteiger partial charge in [0, 0.05) is 0 Å². The molecule has 0 aliphatic carbocycles. The van der Waals surface area contributed by atoms with E-state index in [0.29, 0.717) is 6.42 Å². The highest BCUT2D eigenvalue weighted by Gasteiger charge is 2.06. The second-order valence-corrected chi connectivity index (χ2v) is 3.38. The van der Waals surface area contributed by atoms with Gasteiger partial charge < -0.3 is 4.74 Å². The van der Waals surface area contributed by atoms with Crippen molar-refractivity contribution in [3.8, 4) is 0 Å². The number of carbonyl (C=O) groups is 1. The van der Waals surface area contributed by atoms with Crippen molar-refractivity contribution < 1.29 is 9.53 Å². The lowest BCUT2D eigenvalue weighted by atomic mass is 10.0. The maximum atomic E-state index is 11.1. The predicted octanol–water partition coefficient (Wildman–Crippen LogP) is 3.30. The van der Waals surface area contributed by atoms with Crippen molar-refractivity contribution in [3.05, 3.63) is 34.9 Å². The van der Waals surface area contributed by atoms with E-state index in [9.17, 15) is 4.79 Å². The van der Waals surface area contributed by atoms with E-state index in [1.54, 1.807) is 0 Å². The molecular formula is C14H22O2. The number of esters is 1. The van der Waals surface area contributed by atoms with Gasteiger partial charge in [0.2, 0.25) is 0 Å². The van der Waals surface area contributed by atoms with Crippen LogP contribution in [0, 0.1) is 6.92 Å². The van der Waals surface area contributed by atoms with Gasteiger partial charge in [-0.25, -0.2) is 0 Å². The lowest BCUT2D eigenvalue weighted by molar-refractivity contribution is -0.139. The number of rotatable bonds is 3. The average molecular weight is 222 g/mol. The molecule has 0 radical (unpaired) electrons. The Hall–Kier alpha value is -1.31. The molecule has 0 aromatic heterocycles. The van der Waals surface area contributed by atoms with Crippen molar-refractivity contribution in [1.82, 2.24) is 0 Å². The Morgan fingerprint density at radius 2 is 1.88 bits per heavy atom. The minimum atomic E-state index is -0.177. The van der Waals surface area contributed by atoms with E-state index in [2.05, 4.69) is 24.7 Å². The van der Waals surface area contributed by atoms with E-state index >= 15 is 0 Å². The number of hydrogen-bond donors (Lipinski definition) is 0. The first-order valence-corrected chi connectivity index (χ1v) is 5.82. The molecule has 0 spiro atoms. The fourth-order valence-electron chi connectivity index (χ4n) is 1.48. The third kappa shape index (κ3) is 4.47. The number of ether oxygens (including phenoxy) is 1. The molecule has 0 aliphatic heterocycles. The SMILES string of the molecule is CC.CCc1cc(C)ccc1CC(=O)OC. The van der Waals surface area contributed by atoms with Crippen LogP contribution in [-0.2, 0) is 22.4 Å². The molecular weight excluding hydrogens is 200 g/mol. The van der Waals surface area contributed by atoms with Gasteiger partial charge >= 0.3 is 5.97 Å². The summed E-state index contributed by atoms with van der Waals surface area (Å²) in [5, 5.41) is 0. The lowest BCUT2D eigenvalue weighted by Crippen LogP contribution is -2.06. The van der Waals surface area contributed by atoms with E-state index in [1.165, 1.54) is 18.2 Å². The van der Waals surface area contributed by atoms with Gasteiger partial charge in [-0.2, -0.15) is 0 Å². The van der Waals surface area contributed by atoms with Crippen LogP contribution < -0.4 is 0 Å². The molecule has 0 saturated carbocycles. The summed E-state index contributed by atoms with van der Waals surface area (Å²) < 4.78 is 4.64. The van der Waals surface area contributed by atoms with Gasteiger partial charge in [0.1, 0.15) is 0 Å². The lowest BCUT2D eigenvalue weighted by Gasteiger charge is -2.07. The van der Waals surface area contributed by atoms with E-state index in [4.69, 9.17) is 0 Å². The molecule has 0 bridgehead atoms. The van der Waals surface area contributed by atoms with Gasteiger partial charge in [0.15, 0.2) is 0 Å². The molecule has 0 fully saturated rings. The fraction of sp³-hybridized carbons (Fsp3) is 0.500. The zero-order valence-corrected chi connectivity index (χ0v) is 11.0. The van der Waals surface area contributed by atoms with E-state index in [1.807, 2.05) is 26.0 Å². The highest BCUT2D eigenvalue weighted by atomic mass is 16.5. The van der Waals surface area contributed by atoms with Gasteiger partial charge in [0.25, 0.3) is 0 Å². The van der Waals surface area contributed by atoms with Crippen LogP contribution in [-0.4, -0.2) is 13.1 Å². The Morgan fingerprint density at radius 1 is 1.25 bits per heavy atom. The average Bonchev–Trinajstić information content (AvgIpc) is 2.33. The zero-order chi connectivity index (χ0) is 12.6. The first-order valence-electron chi connectivity index (χ1n) is 5.82. The van der Waals surface area contributed by atoms with Crippen LogP contribution >= 0.6 is 0 Å². The molecule has 2 heteroatoms. The molecule has 0 heterocycles. The second kappa shape index (κ2) is 7.91. The van der Waals surface area contributed by atoms with Crippen molar-refractivity contribution in [3.63, 3.8) is 0 Å². The van der Waals surface area contributed by atoms with E-state index in [-0.39, 0.29) is 5.97 Å². The molecule has 1 aromatic rings. The molecule has 90 valence electrons. The Labute approximate surface area is 98.6 Å². The molecule has 0 unspecified atom stereocenters. The first kappa shape index (κ1) is 14.7. The van der Waals surface area contributed by atoms with E-state index < -0.39 is 0 Å². The zero-order valence-electron chi connectivity index (χ0n) is 11.0. The van der Waals surface area contributed by atoms with Crippen molar-refractivity contribution >= 4 is 5.97 Å². The Bertz CT molecular complexity index is 330. The monoisotopic (exact) mass is 222 g/mol. The van der Waals surface area contributed by atoms with Crippen LogP contribution in [0.1, 0.15) is 37.5 Å². The van der Waals surface area contributed by atoms with Crippen LogP contribution in [0.15, 0.2) is 18.2 Å². The van der Waals surface area contributed by atoms with Crippen molar-refractivity contribution in [2.24, 2.45) is 0 Å². The van der Waals surface area contributed by atoms with E-state index in [0.717, 1.165) is 12.0 Å². The molecule has 0 saturated heterocycles. The number of benzene rings is 1. The van der Waals surface area contributed by atoms with Gasteiger partial charge in [-0.05, 0) is 24.5 Å². The Balaban J connectivity index is 0.00000106. The summed E-state index contributed by atoms with van der Waals surface area (Å²) in [5.41, 5.74) is 3.54. The highest BCUT2D eigenvalue weighted by molar-refractivity contribution is 5.72. The van der Waals surface area contributed by atoms with Crippen molar-refractivity contribution in [2.75, 3.05) is 7.11 Å². The summed E-state index contributed by atoms with van der Waals surface area (Å²) >= 11 is 0. The number of methoxy groups -OCH3 is 1. The normalized spacial score (nSPS) is 9.06. The third-order valence-electron chi connectivity index (χ3n) is 2.31. The Morgan fingerprint density at radius 3 is 2.38 bits per heavy atom. The molecule has 1 rings (SSSR count). The number of carbonyl (C=O) groups excluding carboxylic acids is 1. The third-order valence-corrected chi connectivity index (χ3v) is 2.31. The van der Waals surface area contributed by atoms with Crippen LogP contribution in [0.2, 0.25) is 0 Å². The standard InChI is InChI=1S/C12H16O2.C2H6/c1-4-10-7-9(2)5-6-11(10)8-12(13)14-3;1-2/h5-7H,4,8H2,1-3H3;1-2H3. The number of hydrogen-bond acceptors (Lipinski definition) is 2. The predicted molar refractivity (Wildman–Crippen MR) is 67.6 cm³/mol. The number of aryl methyl sites for hydroxylation is 2. The van der Waals surface area contributed by atoms with Crippen molar-refractivity contribution in [2.45, 2.75) is 40.5 Å². The first-order chi connectivity index (χ1) is 7.67. The maximum absolute atomic E-state index is 11.1. The topological polar surface area (TPSA) is 26.3 Å². The van der Waals surface area contributed by atoms with Crippen LogP contribution in [0.5, 0.6) is 0 Å². The summed E-state index contributed by atoms with van der Waals surface area (Å²) in [6.45, 7) is 8.15. The summed E-state index contributed by atoms with van der Waals surface area (Å²) in [5.74, 6) is -0.177. The van der Waals surface area contributed by atoms with Crippen LogP contribution in [0.3, 0.4) is 0 Å². The molecule has 0 N–H and O–H groups in total. The summed E-state index contributed by atoms with van der Waals surface area (Å²) in [6, 6.07) is 6.15. The summed E-state index contributed by atoms with van der Waals surface area (Å²) in [6.07, 6.45) is 1.33. The minimum absolute atomic E-state index is 0.177. The smallest absolute Gasteiger partial charge is 0.309 e. The fourth-order valence-corrected chi connectivity index (χ4v) is 1.48. The van der Waals surface area contributed by atoms with Gasteiger partial charge in [0.05, 0.1) is 13.5 Å². The quantitative estimate of drug-likeness (QED) is 0.733. The van der Waals surface area contributed by atoms with Gasteiger partial charge in [-0.1, -0.05) is 44.5 Å². The molecule has 2 nitrogen and oxygen atoms in total. The van der Waals surface area contributed by atoms with Gasteiger partial charge in [-0.3, -0.25) is 4.79 Å². The van der Waals surface area contributed by atoms with Crippen molar-refractivity contribution in [1.29, 1.82) is 0 Å². The maximum Gasteiger partial charge on any atom is 0.309 e. The second-order valence-electron chi connectivity index (χ2n) is 3.38. The molecule has 0 amide bonds. The van der Waals surface area contributed by atoms with Gasteiger partial charge in [-0.15, -0.1) is 0 Å². The largest absolute Gasteiger partial charge is 0.469 e. The molecule has 16 heavy (non-hydrogen) atoms. The minimum Gasteiger partial charge on any atom is -0.469 e.